The Morgan fingerprint density at radius 1 is 1.19 bits per heavy atom. The van der Waals surface area contributed by atoms with E-state index in [0.717, 1.165) is 24.2 Å². The van der Waals surface area contributed by atoms with Crippen LogP contribution in [0.2, 0.25) is 5.02 Å². The van der Waals surface area contributed by atoms with E-state index in [0.29, 0.717) is 22.9 Å². The molecule has 3 atom stereocenters. The van der Waals surface area contributed by atoms with Crippen molar-refractivity contribution in [2.45, 2.75) is 65.0 Å². The molecule has 27 heavy (non-hydrogen) atoms. The number of carbonyl (C=O) groups is 3. The van der Waals surface area contributed by atoms with Crippen molar-refractivity contribution in [3.8, 4) is 0 Å². The molecule has 146 valence electrons. The van der Waals surface area contributed by atoms with Gasteiger partial charge in [-0.2, -0.15) is 0 Å². The summed E-state index contributed by atoms with van der Waals surface area (Å²) >= 11 is 5.86. The van der Waals surface area contributed by atoms with Crippen molar-refractivity contribution >= 4 is 29.4 Å². The third-order valence-electron chi connectivity index (χ3n) is 5.42. The predicted molar refractivity (Wildman–Crippen MR) is 102 cm³/mol. The first-order valence-electron chi connectivity index (χ1n) is 9.49. The molecule has 1 aliphatic carbocycles. The monoisotopic (exact) mass is 391 g/mol. The van der Waals surface area contributed by atoms with E-state index < -0.39 is 17.9 Å². The van der Waals surface area contributed by atoms with E-state index >= 15 is 0 Å². The summed E-state index contributed by atoms with van der Waals surface area (Å²) in [5.41, 5.74) is 0.451. The second kappa shape index (κ2) is 7.63. The summed E-state index contributed by atoms with van der Waals surface area (Å²) < 4.78 is 5.76. The Morgan fingerprint density at radius 2 is 1.85 bits per heavy atom. The Kier molecular flexibility index (Phi) is 5.61. The summed E-state index contributed by atoms with van der Waals surface area (Å²) in [4.78, 5) is 38.9. The third kappa shape index (κ3) is 4.52. The molecule has 3 unspecified atom stereocenters. The molecule has 2 amide bonds. The predicted octanol–water partition coefficient (Wildman–Crippen LogP) is 4.23. The second-order valence-corrected chi connectivity index (χ2v) is 9.04. The normalized spacial score (nSPS) is 27.5. The van der Waals surface area contributed by atoms with Crippen LogP contribution in [0.1, 0.15) is 63.2 Å². The summed E-state index contributed by atoms with van der Waals surface area (Å²) in [7, 11) is 0. The quantitative estimate of drug-likeness (QED) is 0.571. The van der Waals surface area contributed by atoms with E-state index in [1.54, 1.807) is 24.3 Å². The SMILES string of the molecule is CC1CC(OC(=O)C2CCC(=O)N2C(=O)c2ccc(Cl)cc2)CC(C)(C)C1. The maximum atomic E-state index is 12.8. The minimum absolute atomic E-state index is 0.118. The molecule has 5 nitrogen and oxygen atoms in total. The fraction of sp³-hybridized carbons (Fsp3) is 0.571. The topological polar surface area (TPSA) is 63.7 Å². The average Bonchev–Trinajstić information content (AvgIpc) is 2.94. The van der Waals surface area contributed by atoms with Crippen molar-refractivity contribution in [2.75, 3.05) is 0 Å². The van der Waals surface area contributed by atoms with Crippen LogP contribution in [0.15, 0.2) is 24.3 Å². The molecular weight excluding hydrogens is 366 g/mol. The first kappa shape index (κ1) is 19.9. The Hall–Kier alpha value is -1.88. The number of amides is 2. The van der Waals surface area contributed by atoms with Crippen LogP contribution < -0.4 is 0 Å². The number of hydrogen-bond acceptors (Lipinski definition) is 4. The van der Waals surface area contributed by atoms with Gasteiger partial charge in [-0.15, -0.1) is 0 Å². The molecule has 1 aromatic rings. The van der Waals surface area contributed by atoms with Gasteiger partial charge in [0.15, 0.2) is 0 Å². The zero-order chi connectivity index (χ0) is 19.8. The Bertz CT molecular complexity index is 743. The van der Waals surface area contributed by atoms with Gasteiger partial charge in [0.05, 0.1) is 0 Å². The highest BCUT2D eigenvalue weighted by Crippen LogP contribution is 2.40. The minimum Gasteiger partial charge on any atom is -0.461 e. The summed E-state index contributed by atoms with van der Waals surface area (Å²) in [5.74, 6) is -0.815. The second-order valence-electron chi connectivity index (χ2n) is 8.60. The fourth-order valence-corrected chi connectivity index (χ4v) is 4.61. The lowest BCUT2D eigenvalue weighted by Gasteiger charge is -2.39. The third-order valence-corrected chi connectivity index (χ3v) is 5.68. The molecule has 0 aromatic heterocycles. The molecule has 1 saturated carbocycles. The number of nitrogens with zero attached hydrogens (tertiary/aromatic N) is 1. The van der Waals surface area contributed by atoms with E-state index in [-0.39, 0.29) is 23.8 Å². The first-order valence-corrected chi connectivity index (χ1v) is 9.86. The summed E-state index contributed by atoms with van der Waals surface area (Å²) in [6.07, 6.45) is 3.04. The molecular formula is C21H26ClNO4. The van der Waals surface area contributed by atoms with Crippen molar-refractivity contribution in [3.63, 3.8) is 0 Å². The highest BCUT2D eigenvalue weighted by atomic mass is 35.5. The summed E-state index contributed by atoms with van der Waals surface area (Å²) in [6.45, 7) is 6.52. The van der Waals surface area contributed by atoms with E-state index in [1.807, 2.05) is 0 Å². The largest absolute Gasteiger partial charge is 0.461 e. The smallest absolute Gasteiger partial charge is 0.329 e. The molecule has 0 N–H and O–H groups in total. The Labute approximate surface area is 165 Å². The number of ether oxygens (including phenoxy) is 1. The lowest BCUT2D eigenvalue weighted by molar-refractivity contribution is -0.159. The molecule has 2 aliphatic rings. The van der Waals surface area contributed by atoms with Gasteiger partial charge in [0, 0.05) is 17.0 Å². The molecule has 0 spiro atoms. The molecule has 3 rings (SSSR count). The standard InChI is InChI=1S/C21H26ClNO4/c1-13-10-16(12-21(2,3)11-13)27-20(26)17-8-9-18(24)23(17)19(25)14-4-6-15(22)7-5-14/h4-7,13,16-17H,8-12H2,1-3H3. The summed E-state index contributed by atoms with van der Waals surface area (Å²) in [6, 6.07) is 5.46. The fourth-order valence-electron chi connectivity index (χ4n) is 4.48. The Morgan fingerprint density at radius 3 is 2.48 bits per heavy atom. The highest BCUT2D eigenvalue weighted by Gasteiger charge is 2.43. The van der Waals surface area contributed by atoms with Gasteiger partial charge >= 0.3 is 5.97 Å². The van der Waals surface area contributed by atoms with Gasteiger partial charge < -0.3 is 4.74 Å². The van der Waals surface area contributed by atoms with Crippen LogP contribution in [-0.4, -0.2) is 34.8 Å². The van der Waals surface area contributed by atoms with E-state index in [1.165, 1.54) is 0 Å². The van der Waals surface area contributed by atoms with Crippen LogP contribution in [0, 0.1) is 11.3 Å². The van der Waals surface area contributed by atoms with Crippen molar-refractivity contribution in [1.29, 1.82) is 0 Å². The zero-order valence-electron chi connectivity index (χ0n) is 16.0. The highest BCUT2D eigenvalue weighted by molar-refractivity contribution is 6.30. The number of hydrogen-bond donors (Lipinski definition) is 0. The summed E-state index contributed by atoms with van der Waals surface area (Å²) in [5, 5.41) is 0.504. The molecule has 1 aromatic carbocycles. The van der Waals surface area contributed by atoms with Gasteiger partial charge in [-0.3, -0.25) is 14.5 Å². The molecule has 2 fully saturated rings. The minimum atomic E-state index is -0.846. The maximum Gasteiger partial charge on any atom is 0.329 e. The van der Waals surface area contributed by atoms with Gasteiger partial charge in [-0.25, -0.2) is 4.79 Å². The number of benzene rings is 1. The van der Waals surface area contributed by atoms with Crippen LogP contribution in [0.25, 0.3) is 0 Å². The number of halogens is 1. The van der Waals surface area contributed by atoms with E-state index in [2.05, 4.69) is 20.8 Å². The first-order chi connectivity index (χ1) is 12.7. The number of rotatable bonds is 3. The molecule has 0 radical (unpaired) electrons. The van der Waals surface area contributed by atoms with Gasteiger partial charge in [0.25, 0.3) is 5.91 Å². The zero-order valence-corrected chi connectivity index (χ0v) is 16.8. The molecule has 0 bridgehead atoms. The number of esters is 1. The van der Waals surface area contributed by atoms with Crippen molar-refractivity contribution < 1.29 is 19.1 Å². The van der Waals surface area contributed by atoms with Gasteiger partial charge in [-0.05, 0) is 61.3 Å². The van der Waals surface area contributed by atoms with Crippen LogP contribution in [0.4, 0.5) is 0 Å². The van der Waals surface area contributed by atoms with Crippen LogP contribution >= 0.6 is 11.6 Å². The van der Waals surface area contributed by atoms with Gasteiger partial charge in [0.2, 0.25) is 5.91 Å². The molecule has 1 heterocycles. The molecule has 1 saturated heterocycles. The van der Waals surface area contributed by atoms with Gasteiger partial charge in [0.1, 0.15) is 12.1 Å². The lowest BCUT2D eigenvalue weighted by Crippen LogP contribution is -2.45. The van der Waals surface area contributed by atoms with Crippen molar-refractivity contribution in [2.24, 2.45) is 11.3 Å². The lowest BCUT2D eigenvalue weighted by atomic mass is 9.71. The van der Waals surface area contributed by atoms with Crippen LogP contribution in [-0.2, 0) is 14.3 Å². The Balaban J connectivity index is 1.72. The van der Waals surface area contributed by atoms with Crippen LogP contribution in [0.3, 0.4) is 0 Å². The van der Waals surface area contributed by atoms with E-state index in [4.69, 9.17) is 16.3 Å². The van der Waals surface area contributed by atoms with E-state index in [9.17, 15) is 14.4 Å². The van der Waals surface area contributed by atoms with Crippen LogP contribution in [0.5, 0.6) is 0 Å². The van der Waals surface area contributed by atoms with Crippen molar-refractivity contribution in [3.05, 3.63) is 34.9 Å². The number of carbonyl (C=O) groups excluding carboxylic acids is 3. The molecule has 1 aliphatic heterocycles. The number of imide groups is 1. The maximum absolute atomic E-state index is 12.8. The number of likely N-dealkylation sites (tertiary alicyclic amines) is 1. The average molecular weight is 392 g/mol. The molecule has 6 heteroatoms. The van der Waals surface area contributed by atoms with Crippen molar-refractivity contribution in [1.82, 2.24) is 4.90 Å². The van der Waals surface area contributed by atoms with Gasteiger partial charge in [-0.1, -0.05) is 32.4 Å².